The molecule has 0 atom stereocenters. The van der Waals surface area contributed by atoms with Crippen LogP contribution >= 0.6 is 11.6 Å². The van der Waals surface area contributed by atoms with Crippen LogP contribution in [-0.4, -0.2) is 41.8 Å². The van der Waals surface area contributed by atoms with Gasteiger partial charge in [0.1, 0.15) is 11.3 Å². The predicted octanol–water partition coefficient (Wildman–Crippen LogP) is 2.98. The second-order valence-corrected chi connectivity index (χ2v) is 6.27. The summed E-state index contributed by atoms with van der Waals surface area (Å²) in [5.74, 6) is -0.126. The number of hydrogen-bond acceptors (Lipinski definition) is 6. The molecule has 1 heterocycles. The van der Waals surface area contributed by atoms with Crippen LogP contribution in [0.5, 0.6) is 17.2 Å². The Morgan fingerprint density at radius 3 is 2.74 bits per heavy atom. The summed E-state index contributed by atoms with van der Waals surface area (Å²) >= 11 is 5.81. The zero-order chi connectivity index (χ0) is 19.4. The Morgan fingerprint density at radius 1 is 1.19 bits per heavy atom. The van der Waals surface area contributed by atoms with Crippen LogP contribution in [0, 0.1) is 0 Å². The van der Waals surface area contributed by atoms with E-state index in [1.165, 1.54) is 18.2 Å². The van der Waals surface area contributed by atoms with E-state index in [0.717, 1.165) is 5.56 Å². The lowest BCUT2D eigenvalue weighted by molar-refractivity contribution is -0.134. The van der Waals surface area contributed by atoms with Gasteiger partial charge >= 0.3 is 5.97 Å². The minimum absolute atomic E-state index is 0.0888. The normalized spacial score (nSPS) is 11.9. The molecule has 2 aromatic rings. The standard InChI is InChI=1S/C19H18ClNO6/c1-2-21(9-12-3-6-16-17(7-12)27-11-26-16)18(23)10-25-19(24)14-8-13(20)4-5-15(14)22/h3-8,22H,2,9-11H2,1H3. The Labute approximate surface area is 161 Å². The number of halogens is 1. The fraction of sp³-hybridized carbons (Fsp3) is 0.263. The van der Waals surface area contributed by atoms with E-state index in [9.17, 15) is 14.7 Å². The predicted molar refractivity (Wildman–Crippen MR) is 97.1 cm³/mol. The average Bonchev–Trinajstić information content (AvgIpc) is 3.13. The molecular formula is C19H18ClNO6. The first-order chi connectivity index (χ1) is 13.0. The number of carbonyl (C=O) groups excluding carboxylic acids is 2. The molecule has 0 aliphatic carbocycles. The molecule has 3 rings (SSSR count). The van der Waals surface area contributed by atoms with Gasteiger partial charge < -0.3 is 24.2 Å². The van der Waals surface area contributed by atoms with Gasteiger partial charge in [0.05, 0.1) is 0 Å². The van der Waals surface area contributed by atoms with Gasteiger partial charge in [0.2, 0.25) is 6.79 Å². The Morgan fingerprint density at radius 2 is 1.96 bits per heavy atom. The van der Waals surface area contributed by atoms with Crippen LogP contribution in [0.1, 0.15) is 22.8 Å². The Hall–Kier alpha value is -2.93. The highest BCUT2D eigenvalue weighted by Crippen LogP contribution is 2.32. The highest BCUT2D eigenvalue weighted by atomic mass is 35.5. The van der Waals surface area contributed by atoms with Crippen molar-refractivity contribution in [1.29, 1.82) is 0 Å². The van der Waals surface area contributed by atoms with E-state index in [0.29, 0.717) is 24.6 Å². The number of ether oxygens (including phenoxy) is 3. The summed E-state index contributed by atoms with van der Waals surface area (Å²) in [4.78, 5) is 26.0. The van der Waals surface area contributed by atoms with E-state index < -0.39 is 12.6 Å². The Balaban J connectivity index is 1.60. The van der Waals surface area contributed by atoms with Crippen molar-refractivity contribution in [3.8, 4) is 17.2 Å². The maximum atomic E-state index is 12.4. The molecular weight excluding hydrogens is 374 g/mol. The minimum atomic E-state index is -0.817. The molecule has 0 fully saturated rings. The van der Waals surface area contributed by atoms with Gasteiger partial charge in [0, 0.05) is 18.1 Å². The van der Waals surface area contributed by atoms with Crippen molar-refractivity contribution in [3.63, 3.8) is 0 Å². The summed E-state index contributed by atoms with van der Waals surface area (Å²) in [6.07, 6.45) is 0. The van der Waals surface area contributed by atoms with Gasteiger partial charge in [0.15, 0.2) is 18.1 Å². The van der Waals surface area contributed by atoms with E-state index in [2.05, 4.69) is 0 Å². The number of hydrogen-bond donors (Lipinski definition) is 1. The van der Waals surface area contributed by atoms with Gasteiger partial charge in [-0.05, 0) is 42.8 Å². The Bertz CT molecular complexity index is 869. The van der Waals surface area contributed by atoms with E-state index in [1.807, 2.05) is 19.1 Å². The first kappa shape index (κ1) is 18.8. The van der Waals surface area contributed by atoms with Crippen LogP contribution in [0.3, 0.4) is 0 Å². The van der Waals surface area contributed by atoms with Crippen molar-refractivity contribution in [2.45, 2.75) is 13.5 Å². The SMILES string of the molecule is CCN(Cc1ccc2c(c1)OCO2)C(=O)COC(=O)c1cc(Cl)ccc1O. The number of carbonyl (C=O) groups is 2. The van der Waals surface area contributed by atoms with Crippen molar-refractivity contribution in [1.82, 2.24) is 4.90 Å². The molecule has 1 N–H and O–H groups in total. The lowest BCUT2D eigenvalue weighted by atomic mass is 10.2. The molecule has 1 aliphatic rings. The lowest BCUT2D eigenvalue weighted by Gasteiger charge is -2.21. The molecule has 0 spiro atoms. The molecule has 0 saturated heterocycles. The maximum Gasteiger partial charge on any atom is 0.342 e. The maximum absolute atomic E-state index is 12.4. The summed E-state index contributed by atoms with van der Waals surface area (Å²) in [6.45, 7) is 2.35. The molecule has 0 unspecified atom stereocenters. The van der Waals surface area contributed by atoms with Gasteiger partial charge in [-0.1, -0.05) is 17.7 Å². The summed E-state index contributed by atoms with van der Waals surface area (Å²) in [7, 11) is 0. The lowest BCUT2D eigenvalue weighted by Crippen LogP contribution is -2.34. The first-order valence-corrected chi connectivity index (χ1v) is 8.67. The van der Waals surface area contributed by atoms with Crippen molar-refractivity contribution >= 4 is 23.5 Å². The molecule has 8 heteroatoms. The number of nitrogens with zero attached hydrogens (tertiary/aromatic N) is 1. The number of fused-ring (bicyclic) bond motifs is 1. The molecule has 0 saturated carbocycles. The highest BCUT2D eigenvalue weighted by Gasteiger charge is 2.19. The Kier molecular flexibility index (Phi) is 5.71. The number of amides is 1. The molecule has 27 heavy (non-hydrogen) atoms. The number of aromatic hydroxyl groups is 1. The summed E-state index contributed by atoms with van der Waals surface area (Å²) in [5, 5.41) is 10.0. The van der Waals surface area contributed by atoms with Crippen LogP contribution in [0.2, 0.25) is 5.02 Å². The van der Waals surface area contributed by atoms with Crippen LogP contribution < -0.4 is 9.47 Å². The second-order valence-electron chi connectivity index (χ2n) is 5.83. The van der Waals surface area contributed by atoms with Crippen LogP contribution in [0.25, 0.3) is 0 Å². The fourth-order valence-corrected chi connectivity index (χ4v) is 2.78. The van der Waals surface area contributed by atoms with E-state index in [1.54, 1.807) is 11.0 Å². The van der Waals surface area contributed by atoms with E-state index >= 15 is 0 Å². The summed E-state index contributed by atoms with van der Waals surface area (Å²) < 4.78 is 15.6. The topological polar surface area (TPSA) is 85.3 Å². The van der Waals surface area contributed by atoms with Gasteiger partial charge in [-0.2, -0.15) is 0 Å². The monoisotopic (exact) mass is 391 g/mol. The molecule has 2 aromatic carbocycles. The molecule has 142 valence electrons. The van der Waals surface area contributed by atoms with Gasteiger partial charge in [0.25, 0.3) is 5.91 Å². The van der Waals surface area contributed by atoms with Crippen molar-refractivity contribution < 1.29 is 28.9 Å². The van der Waals surface area contributed by atoms with Crippen LogP contribution in [0.4, 0.5) is 0 Å². The number of phenols is 1. The third-order valence-electron chi connectivity index (χ3n) is 4.05. The van der Waals surface area contributed by atoms with Gasteiger partial charge in [-0.15, -0.1) is 0 Å². The fourth-order valence-electron chi connectivity index (χ4n) is 2.60. The quantitative estimate of drug-likeness (QED) is 0.762. The number of rotatable bonds is 6. The molecule has 0 aromatic heterocycles. The number of benzene rings is 2. The van der Waals surface area contributed by atoms with Gasteiger partial charge in [-0.3, -0.25) is 4.79 Å². The van der Waals surface area contributed by atoms with Crippen molar-refractivity contribution in [2.75, 3.05) is 19.9 Å². The summed E-state index contributed by atoms with van der Waals surface area (Å²) in [5.41, 5.74) is 0.780. The first-order valence-electron chi connectivity index (χ1n) is 8.30. The number of likely N-dealkylation sites (N-methyl/N-ethyl adjacent to an activating group) is 1. The molecule has 0 bridgehead atoms. The molecule has 1 amide bonds. The molecule has 7 nitrogen and oxygen atoms in total. The third-order valence-corrected chi connectivity index (χ3v) is 4.29. The third kappa shape index (κ3) is 4.43. The second kappa shape index (κ2) is 8.18. The minimum Gasteiger partial charge on any atom is -0.507 e. The zero-order valence-electron chi connectivity index (χ0n) is 14.6. The molecule has 1 aliphatic heterocycles. The van der Waals surface area contributed by atoms with Crippen molar-refractivity contribution in [2.24, 2.45) is 0 Å². The number of esters is 1. The number of phenolic OH excluding ortho intramolecular Hbond substituents is 1. The summed E-state index contributed by atoms with van der Waals surface area (Å²) in [6, 6.07) is 9.47. The van der Waals surface area contributed by atoms with Crippen LogP contribution in [-0.2, 0) is 16.1 Å². The smallest absolute Gasteiger partial charge is 0.342 e. The zero-order valence-corrected chi connectivity index (χ0v) is 15.4. The van der Waals surface area contributed by atoms with E-state index in [4.69, 9.17) is 25.8 Å². The van der Waals surface area contributed by atoms with Crippen molar-refractivity contribution in [3.05, 3.63) is 52.5 Å². The van der Waals surface area contributed by atoms with Crippen LogP contribution in [0.15, 0.2) is 36.4 Å². The van der Waals surface area contributed by atoms with E-state index in [-0.39, 0.29) is 29.0 Å². The molecule has 0 radical (unpaired) electrons. The van der Waals surface area contributed by atoms with Gasteiger partial charge in [-0.25, -0.2) is 4.79 Å². The average molecular weight is 392 g/mol. The highest BCUT2D eigenvalue weighted by molar-refractivity contribution is 6.31. The largest absolute Gasteiger partial charge is 0.507 e.